The van der Waals surface area contributed by atoms with Crippen LogP contribution in [0.2, 0.25) is 0 Å². The quantitative estimate of drug-likeness (QED) is 0.238. The van der Waals surface area contributed by atoms with Crippen molar-refractivity contribution in [3.05, 3.63) is 77.4 Å². The highest BCUT2D eigenvalue weighted by Gasteiger charge is 2.29. The van der Waals surface area contributed by atoms with Crippen LogP contribution in [0.3, 0.4) is 0 Å². The van der Waals surface area contributed by atoms with E-state index in [1.165, 1.54) is 27.8 Å². The van der Waals surface area contributed by atoms with Crippen LogP contribution in [0.25, 0.3) is 10.2 Å². The maximum absolute atomic E-state index is 13.9. The number of sulfonamides is 1. The van der Waals surface area contributed by atoms with Gasteiger partial charge in [0, 0.05) is 18.7 Å². The van der Waals surface area contributed by atoms with Gasteiger partial charge < -0.3 is 9.64 Å². The van der Waals surface area contributed by atoms with Crippen molar-refractivity contribution in [2.75, 3.05) is 50.0 Å². The number of nitrogens with zero attached hydrogens (tertiary/aromatic N) is 4. The molecule has 8 nitrogen and oxygen atoms in total. The Morgan fingerprint density at radius 2 is 1.78 bits per heavy atom. The summed E-state index contributed by atoms with van der Waals surface area (Å²) < 4.78 is 35.2. The van der Waals surface area contributed by atoms with Crippen molar-refractivity contribution < 1.29 is 17.9 Å². The molecule has 41 heavy (non-hydrogen) atoms. The van der Waals surface area contributed by atoms with Crippen LogP contribution in [0.1, 0.15) is 34.3 Å². The summed E-state index contributed by atoms with van der Waals surface area (Å²) in [6.07, 6.45) is 2.38. The van der Waals surface area contributed by atoms with Gasteiger partial charge in [0.1, 0.15) is 11.3 Å². The van der Waals surface area contributed by atoms with E-state index >= 15 is 0 Å². The molecular weight excluding hydrogens is 580 g/mol. The maximum atomic E-state index is 13.9. The first-order valence-corrected chi connectivity index (χ1v) is 15.6. The second-order valence-corrected chi connectivity index (χ2v) is 13.0. The molecule has 1 amide bonds. The van der Waals surface area contributed by atoms with Gasteiger partial charge in [0.05, 0.1) is 22.4 Å². The number of methoxy groups -OCH3 is 1. The van der Waals surface area contributed by atoms with E-state index < -0.39 is 10.0 Å². The zero-order chi connectivity index (χ0) is 28.4. The van der Waals surface area contributed by atoms with E-state index in [2.05, 4.69) is 4.90 Å². The third-order valence-electron chi connectivity index (χ3n) is 7.13. The van der Waals surface area contributed by atoms with Crippen molar-refractivity contribution in [2.45, 2.75) is 31.1 Å². The molecular formula is C30H35ClN4O4S2. The number of aromatic nitrogens is 1. The van der Waals surface area contributed by atoms with Gasteiger partial charge >= 0.3 is 0 Å². The minimum Gasteiger partial charge on any atom is -0.494 e. The summed E-state index contributed by atoms with van der Waals surface area (Å²) in [5.74, 6) is 0.444. The van der Waals surface area contributed by atoms with Gasteiger partial charge in [-0.1, -0.05) is 35.6 Å². The molecule has 0 bridgehead atoms. The van der Waals surface area contributed by atoms with Crippen LogP contribution in [0.4, 0.5) is 10.8 Å². The lowest BCUT2D eigenvalue weighted by Gasteiger charge is -2.30. The van der Waals surface area contributed by atoms with Crippen LogP contribution in [0.5, 0.6) is 5.75 Å². The third-order valence-corrected chi connectivity index (χ3v) is 10.2. The Morgan fingerprint density at radius 1 is 1.05 bits per heavy atom. The second-order valence-electron chi connectivity index (χ2n) is 10.2. The molecule has 5 rings (SSSR count). The fraction of sp³-hybridized carbons (Fsp3) is 0.333. The largest absolute Gasteiger partial charge is 0.494 e. The Balaban J connectivity index is 0.00000387. The molecule has 0 radical (unpaired) electrons. The molecule has 0 aliphatic carbocycles. The van der Waals surface area contributed by atoms with Gasteiger partial charge in [-0.2, -0.15) is 0 Å². The summed E-state index contributed by atoms with van der Waals surface area (Å²) in [6.45, 7) is 3.73. The first kappa shape index (κ1) is 30.8. The lowest BCUT2D eigenvalue weighted by molar-refractivity contribution is 0.0986. The molecule has 0 atom stereocenters. The number of benzene rings is 3. The number of halogens is 1. The number of aryl methyl sites for hydroxylation is 2. The van der Waals surface area contributed by atoms with E-state index in [4.69, 9.17) is 9.72 Å². The topological polar surface area (TPSA) is 83.0 Å². The van der Waals surface area contributed by atoms with E-state index in [1.54, 1.807) is 24.1 Å². The van der Waals surface area contributed by atoms with Crippen molar-refractivity contribution in [1.82, 2.24) is 9.88 Å². The molecule has 0 spiro atoms. The normalized spacial score (nSPS) is 13.1. The highest BCUT2D eigenvalue weighted by molar-refractivity contribution is 7.92. The minimum atomic E-state index is -3.77. The smallest absolute Gasteiger partial charge is 0.264 e. The molecule has 0 N–H and O–H groups in total. The van der Waals surface area contributed by atoms with Gasteiger partial charge in [-0.15, -0.1) is 12.4 Å². The van der Waals surface area contributed by atoms with Crippen LogP contribution in [-0.4, -0.2) is 65.0 Å². The lowest BCUT2D eigenvalue weighted by atomic mass is 10.0. The summed E-state index contributed by atoms with van der Waals surface area (Å²) in [6, 6.07) is 17.8. The Hall–Kier alpha value is -3.18. The predicted octanol–water partition coefficient (Wildman–Crippen LogP) is 5.78. The van der Waals surface area contributed by atoms with Crippen molar-refractivity contribution >= 4 is 60.7 Å². The molecule has 1 aliphatic rings. The molecule has 11 heteroatoms. The Labute approximate surface area is 252 Å². The lowest BCUT2D eigenvalue weighted by Crippen LogP contribution is -2.35. The molecule has 0 unspecified atom stereocenters. The zero-order valence-electron chi connectivity index (χ0n) is 23.7. The number of para-hydroxylation sites is 1. The fourth-order valence-corrected chi connectivity index (χ4v) is 7.63. The Bertz CT molecular complexity index is 1640. The highest BCUT2D eigenvalue weighted by atomic mass is 35.5. The van der Waals surface area contributed by atoms with Gasteiger partial charge in [0.15, 0.2) is 5.13 Å². The average molecular weight is 615 g/mol. The average Bonchev–Trinajstić information content (AvgIpc) is 3.41. The molecule has 0 fully saturated rings. The van der Waals surface area contributed by atoms with E-state index in [-0.39, 0.29) is 23.2 Å². The van der Waals surface area contributed by atoms with E-state index in [1.807, 2.05) is 57.4 Å². The van der Waals surface area contributed by atoms with E-state index in [0.717, 1.165) is 52.8 Å². The molecule has 218 valence electrons. The first-order valence-electron chi connectivity index (χ1n) is 13.3. The number of anilines is 2. The van der Waals surface area contributed by atoms with Crippen LogP contribution in [0, 0.1) is 6.92 Å². The zero-order valence-corrected chi connectivity index (χ0v) is 26.1. The van der Waals surface area contributed by atoms with Gasteiger partial charge in [0.25, 0.3) is 15.9 Å². The summed E-state index contributed by atoms with van der Waals surface area (Å²) in [4.78, 5) is 22.6. The number of hydrogen-bond acceptors (Lipinski definition) is 7. The van der Waals surface area contributed by atoms with E-state index in [0.29, 0.717) is 29.5 Å². The molecule has 2 heterocycles. The summed E-state index contributed by atoms with van der Waals surface area (Å²) in [7, 11) is 1.84. The van der Waals surface area contributed by atoms with Crippen molar-refractivity contribution in [1.29, 1.82) is 0 Å². The number of carbonyl (C=O) groups excluding carboxylic acids is 1. The number of hydrogen-bond donors (Lipinski definition) is 0. The van der Waals surface area contributed by atoms with Gasteiger partial charge in [-0.25, -0.2) is 13.4 Å². The minimum absolute atomic E-state index is 0. The van der Waals surface area contributed by atoms with Crippen molar-refractivity contribution in [3.63, 3.8) is 0 Å². The number of fused-ring (bicyclic) bond motifs is 2. The highest BCUT2D eigenvalue weighted by Crippen LogP contribution is 2.37. The van der Waals surface area contributed by atoms with E-state index in [9.17, 15) is 13.2 Å². The monoisotopic (exact) mass is 614 g/mol. The number of ether oxygens (including phenoxy) is 1. The first-order chi connectivity index (χ1) is 19.2. The van der Waals surface area contributed by atoms with Gasteiger partial charge in [0.2, 0.25) is 0 Å². The molecule has 3 aromatic carbocycles. The second kappa shape index (κ2) is 12.8. The summed E-state index contributed by atoms with van der Waals surface area (Å²) >= 11 is 1.46. The molecule has 1 aromatic heterocycles. The van der Waals surface area contributed by atoms with Crippen LogP contribution in [-0.2, 0) is 16.4 Å². The molecule has 0 saturated carbocycles. The van der Waals surface area contributed by atoms with Gasteiger partial charge in [-0.3, -0.25) is 14.0 Å². The fourth-order valence-electron chi connectivity index (χ4n) is 5.01. The van der Waals surface area contributed by atoms with Crippen LogP contribution in [0.15, 0.2) is 65.6 Å². The molecule has 0 saturated heterocycles. The predicted molar refractivity (Wildman–Crippen MR) is 169 cm³/mol. The molecule has 4 aromatic rings. The molecule has 1 aliphatic heterocycles. The van der Waals surface area contributed by atoms with Crippen LogP contribution >= 0.6 is 23.7 Å². The maximum Gasteiger partial charge on any atom is 0.264 e. The number of amides is 1. The van der Waals surface area contributed by atoms with Crippen molar-refractivity contribution in [2.24, 2.45) is 0 Å². The van der Waals surface area contributed by atoms with Gasteiger partial charge in [-0.05, 0) is 94.4 Å². The number of thiazole rings is 1. The Morgan fingerprint density at radius 3 is 2.49 bits per heavy atom. The number of carbonyl (C=O) groups is 1. The number of rotatable bonds is 9. The van der Waals surface area contributed by atoms with Crippen molar-refractivity contribution in [3.8, 4) is 5.75 Å². The van der Waals surface area contributed by atoms with Crippen LogP contribution < -0.4 is 13.9 Å². The standard InChI is InChI=1S/C30H34N4O4S2.ClH/c1-21-12-17-26(38-4)27-28(21)39-30(31-27)33(19-8-18-32(2)3)29(35)23-13-15-24(16-14-23)40(36,37)34-20-7-10-22-9-5-6-11-25(22)34;/h5-6,9,11-17H,7-8,10,18-20H2,1-4H3;1H. The SMILES string of the molecule is COc1ccc(C)c2sc(N(CCCN(C)C)C(=O)c3ccc(S(=O)(=O)N4CCCc5ccccc54)cc3)nc12.Cl. The Kier molecular flexibility index (Phi) is 9.59. The third kappa shape index (κ3) is 6.21. The summed E-state index contributed by atoms with van der Waals surface area (Å²) in [5, 5.41) is 0.591. The summed E-state index contributed by atoms with van der Waals surface area (Å²) in [5.41, 5.74) is 3.96.